The average Bonchev–Trinajstić information content (AvgIpc) is 2.23. The van der Waals surface area contributed by atoms with Crippen molar-refractivity contribution in [2.45, 2.75) is 0 Å². The molecule has 1 fully saturated rings. The number of nitrogens with zero attached hydrogens (tertiary/aromatic N) is 1. The van der Waals surface area contributed by atoms with Gasteiger partial charge in [-0.1, -0.05) is 30.0 Å². The predicted octanol–water partition coefficient (Wildman–Crippen LogP) is 1.04. The molecule has 0 atom stereocenters. The molecule has 0 saturated carbocycles. The fourth-order valence-corrected chi connectivity index (χ4v) is 1.64. The highest BCUT2D eigenvalue weighted by atomic mass is 32.2. The molecule has 1 amide bonds. The molecule has 1 saturated heterocycles. The number of hydrazine groups is 1. The maximum absolute atomic E-state index is 10.8. The number of thioether (sulfide) groups is 1. The van der Waals surface area contributed by atoms with E-state index in [1.165, 1.54) is 11.8 Å². The zero-order valence-electron chi connectivity index (χ0n) is 7.36. The van der Waals surface area contributed by atoms with Crippen LogP contribution in [-0.2, 0) is 4.79 Å². The van der Waals surface area contributed by atoms with Crippen LogP contribution in [0.15, 0.2) is 35.3 Å². The lowest BCUT2D eigenvalue weighted by Crippen LogP contribution is -2.46. The minimum absolute atomic E-state index is 0.0259. The molecule has 4 nitrogen and oxygen atoms in total. The Morgan fingerprint density at radius 2 is 2.00 bits per heavy atom. The van der Waals surface area contributed by atoms with Crippen molar-refractivity contribution in [2.24, 2.45) is 4.99 Å². The van der Waals surface area contributed by atoms with Crippen LogP contribution >= 0.6 is 11.8 Å². The molecule has 0 aliphatic carbocycles. The first-order valence-corrected chi connectivity index (χ1v) is 5.14. The Morgan fingerprint density at radius 1 is 1.21 bits per heavy atom. The lowest BCUT2D eigenvalue weighted by molar-refractivity contribution is -0.119. The van der Waals surface area contributed by atoms with Crippen molar-refractivity contribution in [2.75, 3.05) is 5.75 Å². The monoisotopic (exact) mass is 207 g/mol. The molecule has 0 unspecified atom stereocenters. The van der Waals surface area contributed by atoms with Crippen molar-refractivity contribution >= 4 is 28.5 Å². The molecule has 0 bridgehead atoms. The van der Waals surface area contributed by atoms with E-state index in [1.54, 1.807) is 0 Å². The number of aliphatic imine (C=N–C) groups is 1. The minimum Gasteiger partial charge on any atom is -0.276 e. The number of amidine groups is 1. The van der Waals surface area contributed by atoms with Gasteiger partial charge in [0, 0.05) is 0 Å². The van der Waals surface area contributed by atoms with E-state index < -0.39 is 0 Å². The van der Waals surface area contributed by atoms with Crippen molar-refractivity contribution in [1.29, 1.82) is 0 Å². The second-order valence-corrected chi connectivity index (χ2v) is 3.68. The van der Waals surface area contributed by atoms with Gasteiger partial charge < -0.3 is 0 Å². The molecule has 14 heavy (non-hydrogen) atoms. The molecule has 1 aromatic rings. The maximum atomic E-state index is 10.8. The van der Waals surface area contributed by atoms with E-state index >= 15 is 0 Å². The van der Waals surface area contributed by atoms with Gasteiger partial charge in [0.2, 0.25) is 5.91 Å². The van der Waals surface area contributed by atoms with Gasteiger partial charge >= 0.3 is 0 Å². The Hall–Kier alpha value is -1.49. The topological polar surface area (TPSA) is 53.5 Å². The minimum atomic E-state index is -0.0259. The summed E-state index contributed by atoms with van der Waals surface area (Å²) in [6.45, 7) is 0. The number of carbonyl (C=O) groups excluding carboxylic acids is 1. The van der Waals surface area contributed by atoms with Crippen molar-refractivity contribution in [3.05, 3.63) is 30.3 Å². The Balaban J connectivity index is 2.08. The Bertz CT molecular complexity index is 352. The molecule has 5 heteroatoms. The lowest BCUT2D eigenvalue weighted by atomic mass is 10.3. The Kier molecular flexibility index (Phi) is 2.69. The van der Waals surface area contributed by atoms with Gasteiger partial charge in [-0.15, -0.1) is 0 Å². The van der Waals surface area contributed by atoms with Crippen LogP contribution in [0.25, 0.3) is 0 Å². The molecule has 0 radical (unpaired) electrons. The van der Waals surface area contributed by atoms with Crippen LogP contribution in [0.5, 0.6) is 0 Å². The van der Waals surface area contributed by atoms with E-state index in [-0.39, 0.29) is 5.91 Å². The molecule has 1 aromatic carbocycles. The average molecular weight is 207 g/mol. The fourth-order valence-electron chi connectivity index (χ4n) is 1.01. The van der Waals surface area contributed by atoms with Crippen LogP contribution in [0.1, 0.15) is 0 Å². The van der Waals surface area contributed by atoms with Crippen molar-refractivity contribution < 1.29 is 4.79 Å². The van der Waals surface area contributed by atoms with Crippen molar-refractivity contribution in [3.63, 3.8) is 0 Å². The number of hydrogen-bond acceptors (Lipinski definition) is 3. The summed E-state index contributed by atoms with van der Waals surface area (Å²) in [5, 5.41) is 0.718. The van der Waals surface area contributed by atoms with Gasteiger partial charge in [-0.2, -0.15) is 0 Å². The number of nitrogens with one attached hydrogen (secondary N) is 2. The van der Waals surface area contributed by atoms with E-state index in [1.807, 2.05) is 30.3 Å². The highest BCUT2D eigenvalue weighted by Gasteiger charge is 2.12. The summed E-state index contributed by atoms with van der Waals surface area (Å²) < 4.78 is 0. The summed E-state index contributed by atoms with van der Waals surface area (Å²) in [7, 11) is 0. The van der Waals surface area contributed by atoms with E-state index in [4.69, 9.17) is 0 Å². The van der Waals surface area contributed by atoms with Crippen molar-refractivity contribution in [3.8, 4) is 0 Å². The van der Waals surface area contributed by atoms with Gasteiger partial charge in [-0.05, 0) is 12.1 Å². The number of rotatable bonds is 1. The Morgan fingerprint density at radius 3 is 2.64 bits per heavy atom. The van der Waals surface area contributed by atoms with Crippen LogP contribution in [0.2, 0.25) is 0 Å². The highest BCUT2D eigenvalue weighted by molar-refractivity contribution is 8.14. The fraction of sp³-hybridized carbons (Fsp3) is 0.111. The van der Waals surface area contributed by atoms with E-state index in [9.17, 15) is 4.79 Å². The van der Waals surface area contributed by atoms with E-state index in [0.29, 0.717) is 5.75 Å². The first-order chi connectivity index (χ1) is 6.84. The molecule has 1 heterocycles. The standard InChI is InChI=1S/C9H9N3OS/c13-8-6-14-9(12-11-8)10-7-4-2-1-3-5-7/h1-5H,6H2,(H,10,12)(H,11,13). The summed E-state index contributed by atoms with van der Waals surface area (Å²) in [5.74, 6) is 0.389. The van der Waals surface area contributed by atoms with Crippen LogP contribution in [0.4, 0.5) is 5.69 Å². The first kappa shape index (κ1) is 9.08. The number of amides is 1. The Labute approximate surface area is 85.8 Å². The summed E-state index contributed by atoms with van der Waals surface area (Å²) >= 11 is 1.39. The summed E-state index contributed by atoms with van der Waals surface area (Å²) in [4.78, 5) is 15.1. The number of carbonyl (C=O) groups is 1. The summed E-state index contributed by atoms with van der Waals surface area (Å²) in [5.41, 5.74) is 6.12. The third-order valence-electron chi connectivity index (χ3n) is 1.64. The number of para-hydroxylation sites is 1. The van der Waals surface area contributed by atoms with Gasteiger partial charge in [0.05, 0.1) is 11.4 Å². The smallest absolute Gasteiger partial charge is 0.248 e. The molecule has 2 rings (SSSR count). The lowest BCUT2D eigenvalue weighted by Gasteiger charge is -2.15. The van der Waals surface area contributed by atoms with Crippen LogP contribution in [0, 0.1) is 0 Å². The van der Waals surface area contributed by atoms with Crippen LogP contribution < -0.4 is 10.9 Å². The normalized spacial score (nSPS) is 18.9. The van der Waals surface area contributed by atoms with Crippen molar-refractivity contribution in [1.82, 2.24) is 10.9 Å². The summed E-state index contributed by atoms with van der Waals surface area (Å²) in [6.07, 6.45) is 0. The molecular formula is C9H9N3OS. The van der Waals surface area contributed by atoms with E-state index in [0.717, 1.165) is 10.9 Å². The molecule has 1 aliphatic rings. The molecule has 2 N–H and O–H groups in total. The van der Waals surface area contributed by atoms with Crippen LogP contribution in [-0.4, -0.2) is 16.8 Å². The first-order valence-electron chi connectivity index (χ1n) is 4.16. The molecule has 1 aliphatic heterocycles. The predicted molar refractivity (Wildman–Crippen MR) is 57.3 cm³/mol. The SMILES string of the molecule is O=C1CSC(=Nc2ccccc2)NN1. The third kappa shape index (κ3) is 2.26. The summed E-state index contributed by atoms with van der Waals surface area (Å²) in [6, 6.07) is 9.60. The highest BCUT2D eigenvalue weighted by Crippen LogP contribution is 2.14. The maximum Gasteiger partial charge on any atom is 0.248 e. The van der Waals surface area contributed by atoms with Crippen LogP contribution in [0.3, 0.4) is 0 Å². The van der Waals surface area contributed by atoms with Gasteiger partial charge in [0.25, 0.3) is 0 Å². The number of hydrogen-bond donors (Lipinski definition) is 2. The second-order valence-electron chi connectivity index (χ2n) is 2.71. The van der Waals surface area contributed by atoms with Gasteiger partial charge in [-0.3, -0.25) is 15.6 Å². The molecular weight excluding hydrogens is 198 g/mol. The zero-order valence-corrected chi connectivity index (χ0v) is 8.17. The zero-order chi connectivity index (χ0) is 9.80. The molecule has 0 aromatic heterocycles. The quantitative estimate of drug-likeness (QED) is 0.723. The second kappa shape index (κ2) is 4.15. The van der Waals surface area contributed by atoms with E-state index in [2.05, 4.69) is 15.8 Å². The van der Waals surface area contributed by atoms with Gasteiger partial charge in [0.15, 0.2) is 5.17 Å². The third-order valence-corrected chi connectivity index (χ3v) is 2.51. The molecule has 0 spiro atoms. The van der Waals surface area contributed by atoms with Gasteiger partial charge in [0.1, 0.15) is 0 Å². The number of benzene rings is 1. The largest absolute Gasteiger partial charge is 0.276 e. The van der Waals surface area contributed by atoms with Gasteiger partial charge in [-0.25, -0.2) is 4.99 Å². The molecule has 72 valence electrons.